The van der Waals surface area contributed by atoms with Crippen molar-refractivity contribution in [3.8, 4) is 0 Å². The molecule has 0 unspecified atom stereocenters. The molecule has 0 spiro atoms. The molecule has 1 aromatic carbocycles. The third-order valence-electron chi connectivity index (χ3n) is 2.42. The van der Waals surface area contributed by atoms with E-state index in [9.17, 15) is 4.79 Å². The Labute approximate surface area is 113 Å². The van der Waals surface area contributed by atoms with E-state index in [0.29, 0.717) is 17.1 Å². The number of nitrogens with zero attached hydrogens (tertiary/aromatic N) is 1. The maximum atomic E-state index is 11.9. The fourth-order valence-corrected chi connectivity index (χ4v) is 1.71. The summed E-state index contributed by atoms with van der Waals surface area (Å²) in [6.45, 7) is 1.94. The van der Waals surface area contributed by atoms with Crippen molar-refractivity contribution >= 4 is 33.2 Å². The normalized spacial score (nSPS) is 10.1. The average molecular weight is 306 g/mol. The molecule has 4 nitrogen and oxygen atoms in total. The van der Waals surface area contributed by atoms with Gasteiger partial charge in [-0.2, -0.15) is 0 Å². The van der Waals surface area contributed by atoms with Crippen LogP contribution in [-0.2, 0) is 0 Å². The Morgan fingerprint density at radius 3 is 2.78 bits per heavy atom. The third-order valence-corrected chi connectivity index (χ3v) is 2.89. The number of aromatic nitrogens is 1. The van der Waals surface area contributed by atoms with Gasteiger partial charge < -0.3 is 11.1 Å². The summed E-state index contributed by atoms with van der Waals surface area (Å²) in [6, 6.07) is 8.89. The van der Waals surface area contributed by atoms with Crippen LogP contribution in [0.5, 0.6) is 0 Å². The smallest absolute Gasteiger partial charge is 0.274 e. The number of nitrogens with two attached hydrogens (primary N) is 1. The number of benzene rings is 1. The SMILES string of the molecule is Cc1ccc(N)c(NC(=O)c2ccc(Br)cn2)c1. The van der Waals surface area contributed by atoms with Crippen molar-refractivity contribution in [3.63, 3.8) is 0 Å². The summed E-state index contributed by atoms with van der Waals surface area (Å²) in [6.07, 6.45) is 1.58. The molecule has 1 heterocycles. The van der Waals surface area contributed by atoms with Crippen LogP contribution in [0, 0.1) is 6.92 Å². The molecule has 1 amide bonds. The van der Waals surface area contributed by atoms with E-state index >= 15 is 0 Å². The van der Waals surface area contributed by atoms with E-state index in [2.05, 4.69) is 26.2 Å². The minimum absolute atomic E-state index is 0.278. The van der Waals surface area contributed by atoms with Crippen LogP contribution in [0.15, 0.2) is 41.0 Å². The summed E-state index contributed by atoms with van der Waals surface area (Å²) in [7, 11) is 0. The number of rotatable bonds is 2. The number of hydrogen-bond acceptors (Lipinski definition) is 3. The van der Waals surface area contributed by atoms with Crippen LogP contribution in [0.1, 0.15) is 16.1 Å². The monoisotopic (exact) mass is 305 g/mol. The largest absolute Gasteiger partial charge is 0.397 e. The van der Waals surface area contributed by atoms with Crippen molar-refractivity contribution in [2.24, 2.45) is 0 Å². The van der Waals surface area contributed by atoms with E-state index in [0.717, 1.165) is 10.0 Å². The highest BCUT2D eigenvalue weighted by Gasteiger charge is 2.09. The Morgan fingerprint density at radius 2 is 2.11 bits per heavy atom. The molecule has 0 saturated carbocycles. The first kappa shape index (κ1) is 12.6. The minimum atomic E-state index is -0.278. The lowest BCUT2D eigenvalue weighted by atomic mass is 10.2. The maximum Gasteiger partial charge on any atom is 0.274 e. The second-order valence-electron chi connectivity index (χ2n) is 3.91. The van der Waals surface area contributed by atoms with Gasteiger partial charge >= 0.3 is 0 Å². The standard InChI is InChI=1S/C13H12BrN3O/c1-8-2-4-10(15)12(6-8)17-13(18)11-5-3-9(14)7-16-11/h2-7H,15H2,1H3,(H,17,18). The van der Waals surface area contributed by atoms with Gasteiger partial charge in [-0.05, 0) is 52.7 Å². The van der Waals surface area contributed by atoms with Crippen LogP contribution in [0.3, 0.4) is 0 Å². The lowest BCUT2D eigenvalue weighted by Gasteiger charge is -2.08. The predicted molar refractivity (Wildman–Crippen MR) is 75.5 cm³/mol. The van der Waals surface area contributed by atoms with E-state index in [1.807, 2.05) is 19.1 Å². The zero-order chi connectivity index (χ0) is 13.1. The Kier molecular flexibility index (Phi) is 3.62. The molecule has 0 aliphatic rings. The summed E-state index contributed by atoms with van der Waals surface area (Å²) in [5, 5.41) is 2.75. The van der Waals surface area contributed by atoms with Gasteiger partial charge in [0.15, 0.2) is 0 Å². The molecule has 5 heteroatoms. The summed E-state index contributed by atoms with van der Waals surface area (Å²) < 4.78 is 0.828. The van der Waals surface area contributed by atoms with Crippen LogP contribution < -0.4 is 11.1 Å². The van der Waals surface area contributed by atoms with Crippen LogP contribution in [-0.4, -0.2) is 10.9 Å². The molecule has 0 aliphatic carbocycles. The summed E-state index contributed by atoms with van der Waals surface area (Å²) in [5.41, 5.74) is 8.31. The lowest BCUT2D eigenvalue weighted by Crippen LogP contribution is -2.14. The second kappa shape index (κ2) is 5.18. The molecule has 2 aromatic rings. The first-order chi connectivity index (χ1) is 8.56. The van der Waals surface area contributed by atoms with Crippen molar-refractivity contribution in [1.82, 2.24) is 4.98 Å². The van der Waals surface area contributed by atoms with E-state index < -0.39 is 0 Å². The van der Waals surface area contributed by atoms with Crippen molar-refractivity contribution < 1.29 is 4.79 Å². The number of halogens is 1. The third kappa shape index (κ3) is 2.87. The van der Waals surface area contributed by atoms with E-state index in [1.54, 1.807) is 24.4 Å². The Hall–Kier alpha value is -1.88. The summed E-state index contributed by atoms with van der Waals surface area (Å²) in [4.78, 5) is 16.0. The molecule has 2 rings (SSSR count). The van der Waals surface area contributed by atoms with Crippen LogP contribution >= 0.6 is 15.9 Å². The van der Waals surface area contributed by atoms with Crippen LogP contribution in [0.4, 0.5) is 11.4 Å². The average Bonchev–Trinajstić information content (AvgIpc) is 2.34. The van der Waals surface area contributed by atoms with Gasteiger partial charge in [-0.3, -0.25) is 4.79 Å². The Bertz CT molecular complexity index is 581. The molecule has 0 aliphatic heterocycles. The highest BCUT2D eigenvalue weighted by Crippen LogP contribution is 2.20. The first-order valence-electron chi connectivity index (χ1n) is 5.35. The van der Waals surface area contributed by atoms with Gasteiger partial charge in [-0.25, -0.2) is 4.98 Å². The number of nitrogens with one attached hydrogen (secondary N) is 1. The van der Waals surface area contributed by atoms with Crippen LogP contribution in [0.25, 0.3) is 0 Å². The molecular formula is C13H12BrN3O. The quantitative estimate of drug-likeness (QED) is 0.838. The van der Waals surface area contributed by atoms with Crippen molar-refractivity contribution in [1.29, 1.82) is 0 Å². The number of aryl methyl sites for hydroxylation is 1. The number of nitrogen functional groups attached to an aromatic ring is 1. The number of anilines is 2. The molecule has 0 bridgehead atoms. The molecule has 92 valence electrons. The zero-order valence-electron chi connectivity index (χ0n) is 9.77. The molecule has 18 heavy (non-hydrogen) atoms. The zero-order valence-corrected chi connectivity index (χ0v) is 11.4. The lowest BCUT2D eigenvalue weighted by molar-refractivity contribution is 0.102. The number of pyridine rings is 1. The molecular weight excluding hydrogens is 294 g/mol. The Morgan fingerprint density at radius 1 is 1.33 bits per heavy atom. The molecule has 0 saturated heterocycles. The van der Waals surface area contributed by atoms with Crippen molar-refractivity contribution in [2.75, 3.05) is 11.1 Å². The number of hydrogen-bond donors (Lipinski definition) is 2. The summed E-state index contributed by atoms with van der Waals surface area (Å²) >= 11 is 3.27. The van der Waals surface area contributed by atoms with Gasteiger partial charge in [0, 0.05) is 10.7 Å². The van der Waals surface area contributed by atoms with Crippen molar-refractivity contribution in [2.45, 2.75) is 6.92 Å². The number of carbonyl (C=O) groups is 1. The van der Waals surface area contributed by atoms with Gasteiger partial charge in [-0.1, -0.05) is 6.07 Å². The molecule has 0 radical (unpaired) electrons. The van der Waals surface area contributed by atoms with Gasteiger partial charge in [-0.15, -0.1) is 0 Å². The minimum Gasteiger partial charge on any atom is -0.397 e. The fourth-order valence-electron chi connectivity index (χ4n) is 1.47. The summed E-state index contributed by atoms with van der Waals surface area (Å²) in [5.74, 6) is -0.278. The first-order valence-corrected chi connectivity index (χ1v) is 6.14. The number of carbonyl (C=O) groups excluding carboxylic acids is 1. The van der Waals surface area contributed by atoms with Gasteiger partial charge in [0.05, 0.1) is 11.4 Å². The van der Waals surface area contributed by atoms with E-state index in [1.165, 1.54) is 0 Å². The number of amides is 1. The van der Waals surface area contributed by atoms with Crippen molar-refractivity contribution in [3.05, 3.63) is 52.3 Å². The second-order valence-corrected chi connectivity index (χ2v) is 4.82. The van der Waals surface area contributed by atoms with Gasteiger partial charge in [0.2, 0.25) is 0 Å². The van der Waals surface area contributed by atoms with E-state index in [-0.39, 0.29) is 5.91 Å². The van der Waals surface area contributed by atoms with Gasteiger partial charge in [0.25, 0.3) is 5.91 Å². The van der Waals surface area contributed by atoms with E-state index in [4.69, 9.17) is 5.73 Å². The molecule has 0 atom stereocenters. The Balaban J connectivity index is 2.21. The van der Waals surface area contributed by atoms with Gasteiger partial charge in [0.1, 0.15) is 5.69 Å². The molecule has 1 aromatic heterocycles. The molecule has 3 N–H and O–H groups in total. The van der Waals surface area contributed by atoms with Crippen LogP contribution in [0.2, 0.25) is 0 Å². The maximum absolute atomic E-state index is 11.9. The highest BCUT2D eigenvalue weighted by molar-refractivity contribution is 9.10. The topological polar surface area (TPSA) is 68.0 Å². The highest BCUT2D eigenvalue weighted by atomic mass is 79.9. The predicted octanol–water partition coefficient (Wildman–Crippen LogP) is 2.99. The molecule has 0 fully saturated rings. The fraction of sp³-hybridized carbons (Fsp3) is 0.0769.